The van der Waals surface area contributed by atoms with Gasteiger partial charge in [-0.25, -0.2) is 4.52 Å². The molecule has 1 aliphatic carbocycles. The van der Waals surface area contributed by atoms with E-state index >= 15 is 0 Å². The van der Waals surface area contributed by atoms with Gasteiger partial charge < -0.3 is 4.57 Å². The summed E-state index contributed by atoms with van der Waals surface area (Å²) in [5.74, 6) is 0. The molecular weight excluding hydrogens is 294 g/mol. The molecule has 0 atom stereocenters. The standard InChI is InChI=1S/C13H16BrN3O/c14-9-13(4-1-2-5-13)10-16-7-8-17-11(12(16)18)3-6-15-17/h3,6-8H,1-2,4-5,9-10H2. The molecule has 0 unspecified atom stereocenters. The quantitative estimate of drug-likeness (QED) is 0.817. The second kappa shape index (κ2) is 4.53. The summed E-state index contributed by atoms with van der Waals surface area (Å²) in [4.78, 5) is 12.3. The van der Waals surface area contributed by atoms with E-state index in [0.717, 1.165) is 11.9 Å². The summed E-state index contributed by atoms with van der Waals surface area (Å²) in [5, 5.41) is 5.05. The maximum atomic E-state index is 12.3. The van der Waals surface area contributed by atoms with Crippen LogP contribution in [0.3, 0.4) is 0 Å². The van der Waals surface area contributed by atoms with Crippen molar-refractivity contribution in [3.8, 4) is 0 Å². The highest BCUT2D eigenvalue weighted by Crippen LogP contribution is 2.40. The average molecular weight is 310 g/mol. The van der Waals surface area contributed by atoms with Crippen molar-refractivity contribution < 1.29 is 0 Å². The maximum absolute atomic E-state index is 12.3. The number of alkyl halides is 1. The number of fused-ring (bicyclic) bond motifs is 1. The average Bonchev–Trinajstić information content (AvgIpc) is 3.03. The third kappa shape index (κ3) is 1.90. The molecule has 1 aliphatic rings. The first-order valence-corrected chi connectivity index (χ1v) is 7.45. The zero-order valence-electron chi connectivity index (χ0n) is 10.2. The minimum atomic E-state index is 0.0576. The molecule has 1 fully saturated rings. The first kappa shape index (κ1) is 12.0. The zero-order valence-corrected chi connectivity index (χ0v) is 11.8. The Bertz CT molecular complexity index is 610. The third-order valence-corrected chi connectivity index (χ3v) is 5.18. The lowest BCUT2D eigenvalue weighted by molar-refractivity contribution is 0.288. The summed E-state index contributed by atoms with van der Waals surface area (Å²) < 4.78 is 3.47. The van der Waals surface area contributed by atoms with Crippen molar-refractivity contribution in [1.29, 1.82) is 0 Å². The lowest BCUT2D eigenvalue weighted by Gasteiger charge is -2.27. The molecule has 0 radical (unpaired) electrons. The molecule has 2 aromatic heterocycles. The third-order valence-electron chi connectivity index (χ3n) is 3.99. The summed E-state index contributed by atoms with van der Waals surface area (Å²) in [6.07, 6.45) is 10.3. The van der Waals surface area contributed by atoms with Gasteiger partial charge in [0.1, 0.15) is 5.52 Å². The molecule has 2 heterocycles. The van der Waals surface area contributed by atoms with Gasteiger partial charge in [-0.1, -0.05) is 28.8 Å². The van der Waals surface area contributed by atoms with Crippen LogP contribution in [0.4, 0.5) is 0 Å². The van der Waals surface area contributed by atoms with Gasteiger partial charge in [0.2, 0.25) is 0 Å². The van der Waals surface area contributed by atoms with Gasteiger partial charge in [0, 0.05) is 24.3 Å². The highest BCUT2D eigenvalue weighted by molar-refractivity contribution is 9.09. The molecule has 5 heteroatoms. The van der Waals surface area contributed by atoms with Crippen LogP contribution in [0.1, 0.15) is 25.7 Å². The molecule has 0 aliphatic heterocycles. The Kier molecular flexibility index (Phi) is 3.01. The van der Waals surface area contributed by atoms with Gasteiger partial charge in [0.05, 0.1) is 6.20 Å². The number of hydrogen-bond acceptors (Lipinski definition) is 2. The van der Waals surface area contributed by atoms with Crippen LogP contribution in [0.15, 0.2) is 29.5 Å². The smallest absolute Gasteiger partial charge is 0.276 e. The summed E-state index contributed by atoms with van der Waals surface area (Å²) in [7, 11) is 0. The molecule has 96 valence electrons. The first-order chi connectivity index (χ1) is 8.74. The lowest BCUT2D eigenvalue weighted by Crippen LogP contribution is -2.32. The first-order valence-electron chi connectivity index (χ1n) is 6.33. The van der Waals surface area contributed by atoms with Crippen LogP contribution in [-0.2, 0) is 6.54 Å². The van der Waals surface area contributed by atoms with Crippen molar-refractivity contribution in [3.63, 3.8) is 0 Å². The number of hydrogen-bond donors (Lipinski definition) is 0. The van der Waals surface area contributed by atoms with Gasteiger partial charge >= 0.3 is 0 Å². The van der Waals surface area contributed by atoms with Crippen LogP contribution in [-0.4, -0.2) is 19.5 Å². The fourth-order valence-electron chi connectivity index (χ4n) is 2.91. The van der Waals surface area contributed by atoms with Crippen LogP contribution in [0.25, 0.3) is 5.52 Å². The molecule has 3 rings (SSSR count). The molecule has 4 nitrogen and oxygen atoms in total. The van der Waals surface area contributed by atoms with Gasteiger partial charge in [-0.05, 0) is 24.3 Å². The lowest BCUT2D eigenvalue weighted by atomic mass is 9.89. The number of rotatable bonds is 3. The fourth-order valence-corrected chi connectivity index (χ4v) is 3.64. The normalized spacial score (nSPS) is 18.5. The van der Waals surface area contributed by atoms with E-state index in [9.17, 15) is 4.79 Å². The van der Waals surface area contributed by atoms with Crippen LogP contribution in [0.5, 0.6) is 0 Å². The van der Waals surface area contributed by atoms with Crippen LogP contribution in [0.2, 0.25) is 0 Å². The van der Waals surface area contributed by atoms with Gasteiger partial charge in [0.25, 0.3) is 5.56 Å². The van der Waals surface area contributed by atoms with E-state index in [0.29, 0.717) is 5.52 Å². The summed E-state index contributed by atoms with van der Waals surface area (Å²) in [5.41, 5.74) is 0.963. The molecule has 1 saturated carbocycles. The van der Waals surface area contributed by atoms with Crippen molar-refractivity contribution in [2.75, 3.05) is 5.33 Å². The van der Waals surface area contributed by atoms with Crippen molar-refractivity contribution in [3.05, 3.63) is 35.0 Å². The van der Waals surface area contributed by atoms with E-state index < -0.39 is 0 Å². The molecule has 0 spiro atoms. The Labute approximate surface area is 114 Å². The van der Waals surface area contributed by atoms with Crippen molar-refractivity contribution in [1.82, 2.24) is 14.2 Å². The maximum Gasteiger partial charge on any atom is 0.276 e. The van der Waals surface area contributed by atoms with E-state index in [2.05, 4.69) is 21.0 Å². The van der Waals surface area contributed by atoms with Crippen LogP contribution in [0, 0.1) is 5.41 Å². The Morgan fingerprint density at radius 2 is 2.11 bits per heavy atom. The zero-order chi connectivity index (χ0) is 12.6. The monoisotopic (exact) mass is 309 g/mol. The summed E-state index contributed by atoms with van der Waals surface area (Å²) in [6, 6.07) is 1.77. The Hall–Kier alpha value is -1.10. The van der Waals surface area contributed by atoms with Crippen molar-refractivity contribution >= 4 is 21.4 Å². The van der Waals surface area contributed by atoms with Crippen molar-refractivity contribution in [2.24, 2.45) is 5.41 Å². The highest BCUT2D eigenvalue weighted by atomic mass is 79.9. The Balaban J connectivity index is 1.99. The van der Waals surface area contributed by atoms with E-state index in [1.54, 1.807) is 16.8 Å². The van der Waals surface area contributed by atoms with E-state index in [1.165, 1.54) is 25.7 Å². The largest absolute Gasteiger partial charge is 0.312 e. The SMILES string of the molecule is O=c1c2ccnn2ccn1CC1(CBr)CCCC1. The molecule has 2 aromatic rings. The van der Waals surface area contributed by atoms with E-state index in [1.807, 2.05) is 17.0 Å². The Morgan fingerprint density at radius 3 is 2.83 bits per heavy atom. The number of nitrogens with zero attached hydrogens (tertiary/aromatic N) is 3. The van der Waals surface area contributed by atoms with Crippen LogP contribution < -0.4 is 5.56 Å². The molecule has 18 heavy (non-hydrogen) atoms. The van der Waals surface area contributed by atoms with E-state index in [-0.39, 0.29) is 11.0 Å². The molecule has 0 saturated heterocycles. The second-order valence-electron chi connectivity index (χ2n) is 5.23. The van der Waals surface area contributed by atoms with E-state index in [4.69, 9.17) is 0 Å². The topological polar surface area (TPSA) is 39.3 Å². The number of aromatic nitrogens is 3. The minimum absolute atomic E-state index is 0.0576. The summed E-state index contributed by atoms with van der Waals surface area (Å²) >= 11 is 3.62. The molecule has 0 amide bonds. The Morgan fingerprint density at radius 1 is 1.33 bits per heavy atom. The van der Waals surface area contributed by atoms with Gasteiger partial charge in [-0.15, -0.1) is 0 Å². The molecule has 0 N–H and O–H groups in total. The molecule has 0 bridgehead atoms. The van der Waals surface area contributed by atoms with Gasteiger partial charge in [-0.2, -0.15) is 5.10 Å². The minimum Gasteiger partial charge on any atom is -0.312 e. The van der Waals surface area contributed by atoms with Crippen molar-refractivity contribution in [2.45, 2.75) is 32.2 Å². The predicted octanol–water partition coefficient (Wildman–Crippen LogP) is 2.45. The highest BCUT2D eigenvalue weighted by Gasteiger charge is 2.33. The van der Waals surface area contributed by atoms with Gasteiger partial charge in [0.15, 0.2) is 0 Å². The predicted molar refractivity (Wildman–Crippen MR) is 74.1 cm³/mol. The fraction of sp³-hybridized carbons (Fsp3) is 0.538. The van der Waals surface area contributed by atoms with Gasteiger partial charge in [-0.3, -0.25) is 4.79 Å². The van der Waals surface area contributed by atoms with Crippen LogP contribution >= 0.6 is 15.9 Å². The molecule has 0 aromatic carbocycles. The summed E-state index contributed by atoms with van der Waals surface area (Å²) in [6.45, 7) is 0.804. The second-order valence-corrected chi connectivity index (χ2v) is 5.79. The molecular formula is C13H16BrN3O. The number of halogens is 1.